The maximum absolute atomic E-state index is 12.1. The Morgan fingerprint density at radius 3 is 2.59 bits per heavy atom. The lowest BCUT2D eigenvalue weighted by Gasteiger charge is -2.46. The van der Waals surface area contributed by atoms with Gasteiger partial charge in [-0.3, -0.25) is 4.79 Å². The molecule has 17 heavy (non-hydrogen) atoms. The number of anilines is 2. The van der Waals surface area contributed by atoms with E-state index in [1.54, 1.807) is 12.1 Å². The Hall–Kier alpha value is -1.71. The van der Waals surface area contributed by atoms with Crippen LogP contribution in [0.1, 0.15) is 27.7 Å². The van der Waals surface area contributed by atoms with Gasteiger partial charge < -0.3 is 15.3 Å². The van der Waals surface area contributed by atoms with E-state index in [0.29, 0.717) is 5.69 Å². The molecule has 0 unspecified atom stereocenters. The third kappa shape index (κ3) is 1.73. The average molecular weight is 234 g/mol. The van der Waals surface area contributed by atoms with E-state index in [9.17, 15) is 9.90 Å². The zero-order chi connectivity index (χ0) is 12.8. The molecular weight excluding hydrogens is 216 g/mol. The first-order chi connectivity index (χ1) is 7.84. The summed E-state index contributed by atoms with van der Waals surface area (Å²) in [6.07, 6.45) is 0. The molecule has 1 aliphatic heterocycles. The van der Waals surface area contributed by atoms with Gasteiger partial charge in [-0.1, -0.05) is 0 Å². The number of carbonyl (C=O) groups is 1. The number of nitrogens with one attached hydrogen (secondary N) is 1. The molecule has 0 spiro atoms. The summed E-state index contributed by atoms with van der Waals surface area (Å²) in [7, 11) is 0. The largest absolute Gasteiger partial charge is 0.508 e. The van der Waals surface area contributed by atoms with Crippen molar-refractivity contribution in [1.82, 2.24) is 0 Å². The molecule has 0 aliphatic carbocycles. The van der Waals surface area contributed by atoms with E-state index in [2.05, 4.69) is 24.1 Å². The van der Waals surface area contributed by atoms with Gasteiger partial charge in [0.15, 0.2) is 0 Å². The number of rotatable bonds is 1. The Bertz CT molecular complexity index is 466. The molecule has 0 radical (unpaired) electrons. The van der Waals surface area contributed by atoms with Gasteiger partial charge in [0, 0.05) is 12.1 Å². The SMILES string of the molecule is CC(C)N1c2ccc(O)cc2NC(=O)C1(C)C. The summed E-state index contributed by atoms with van der Waals surface area (Å²) in [5, 5.41) is 12.3. The molecule has 4 nitrogen and oxygen atoms in total. The number of carbonyl (C=O) groups excluding carboxylic acids is 1. The summed E-state index contributed by atoms with van der Waals surface area (Å²) in [4.78, 5) is 14.1. The van der Waals surface area contributed by atoms with Crippen LogP contribution in [0.15, 0.2) is 18.2 Å². The lowest BCUT2D eigenvalue weighted by atomic mass is 9.94. The molecule has 4 heteroatoms. The lowest BCUT2D eigenvalue weighted by Crippen LogP contribution is -2.58. The first-order valence-corrected chi connectivity index (χ1v) is 5.78. The summed E-state index contributed by atoms with van der Waals surface area (Å²) in [5.41, 5.74) is 1.03. The third-order valence-electron chi connectivity index (χ3n) is 3.16. The quantitative estimate of drug-likeness (QED) is 0.784. The van der Waals surface area contributed by atoms with E-state index < -0.39 is 5.54 Å². The van der Waals surface area contributed by atoms with Crippen molar-refractivity contribution >= 4 is 17.3 Å². The van der Waals surface area contributed by atoms with Crippen molar-refractivity contribution < 1.29 is 9.90 Å². The normalized spacial score (nSPS) is 17.9. The third-order valence-corrected chi connectivity index (χ3v) is 3.16. The number of hydrogen-bond donors (Lipinski definition) is 2. The van der Waals surface area contributed by atoms with E-state index in [1.165, 1.54) is 0 Å². The van der Waals surface area contributed by atoms with E-state index in [1.807, 2.05) is 19.9 Å². The molecule has 0 aromatic heterocycles. The highest BCUT2D eigenvalue weighted by atomic mass is 16.3. The van der Waals surface area contributed by atoms with Gasteiger partial charge in [0.05, 0.1) is 11.4 Å². The van der Waals surface area contributed by atoms with Crippen molar-refractivity contribution in [2.24, 2.45) is 0 Å². The summed E-state index contributed by atoms with van der Waals surface area (Å²) < 4.78 is 0. The van der Waals surface area contributed by atoms with Crippen LogP contribution in [0.25, 0.3) is 0 Å². The number of aromatic hydroxyl groups is 1. The van der Waals surface area contributed by atoms with E-state index in [-0.39, 0.29) is 17.7 Å². The average Bonchev–Trinajstić information content (AvgIpc) is 2.19. The molecule has 1 heterocycles. The van der Waals surface area contributed by atoms with Crippen LogP contribution < -0.4 is 10.2 Å². The number of fused-ring (bicyclic) bond motifs is 1. The summed E-state index contributed by atoms with van der Waals surface area (Å²) in [5.74, 6) is 0.108. The van der Waals surface area contributed by atoms with Crippen molar-refractivity contribution in [1.29, 1.82) is 0 Å². The van der Waals surface area contributed by atoms with Gasteiger partial charge in [-0.25, -0.2) is 0 Å². The molecule has 1 aromatic carbocycles. The van der Waals surface area contributed by atoms with Gasteiger partial charge in [0.2, 0.25) is 5.91 Å². The van der Waals surface area contributed by atoms with Crippen LogP contribution in [0.5, 0.6) is 5.75 Å². The standard InChI is InChI=1S/C13H18N2O2/c1-8(2)15-11-6-5-9(16)7-10(11)14-12(17)13(15,3)4/h5-8,16H,1-4H3,(H,14,17). The Balaban J connectivity index is 2.60. The minimum atomic E-state index is -0.585. The number of amides is 1. The number of nitrogens with zero attached hydrogens (tertiary/aromatic N) is 1. The maximum atomic E-state index is 12.1. The fraction of sp³-hybridized carbons (Fsp3) is 0.462. The molecule has 0 fully saturated rings. The van der Waals surface area contributed by atoms with Crippen molar-refractivity contribution in [3.63, 3.8) is 0 Å². The van der Waals surface area contributed by atoms with Gasteiger partial charge in [-0.2, -0.15) is 0 Å². The summed E-state index contributed by atoms with van der Waals surface area (Å²) >= 11 is 0. The molecule has 1 amide bonds. The summed E-state index contributed by atoms with van der Waals surface area (Å²) in [6, 6.07) is 5.27. The van der Waals surface area contributed by atoms with Crippen molar-refractivity contribution in [2.75, 3.05) is 10.2 Å². The predicted octanol–water partition coefficient (Wildman–Crippen LogP) is 2.34. The second kappa shape index (κ2) is 3.65. The monoisotopic (exact) mass is 234 g/mol. The number of phenols is 1. The molecular formula is C13H18N2O2. The zero-order valence-electron chi connectivity index (χ0n) is 10.6. The number of benzene rings is 1. The Labute approximate surface area is 101 Å². The van der Waals surface area contributed by atoms with Crippen molar-refractivity contribution in [3.05, 3.63) is 18.2 Å². The molecule has 1 aromatic rings. The topological polar surface area (TPSA) is 52.6 Å². The van der Waals surface area contributed by atoms with Crippen LogP contribution in [0.2, 0.25) is 0 Å². The highest BCUT2D eigenvalue weighted by Gasteiger charge is 2.41. The molecule has 2 rings (SSSR count). The maximum Gasteiger partial charge on any atom is 0.249 e. The minimum absolute atomic E-state index is 0.0516. The van der Waals surface area contributed by atoms with E-state index >= 15 is 0 Å². The van der Waals surface area contributed by atoms with Crippen LogP contribution >= 0.6 is 0 Å². The smallest absolute Gasteiger partial charge is 0.249 e. The first-order valence-electron chi connectivity index (χ1n) is 5.78. The number of phenolic OH excluding ortho intramolecular Hbond substituents is 1. The number of hydrogen-bond acceptors (Lipinski definition) is 3. The molecule has 0 saturated carbocycles. The van der Waals surface area contributed by atoms with Gasteiger partial charge in [0.25, 0.3) is 0 Å². The fourth-order valence-corrected chi connectivity index (χ4v) is 2.44. The molecule has 92 valence electrons. The molecule has 1 aliphatic rings. The van der Waals surface area contributed by atoms with E-state index in [4.69, 9.17) is 0 Å². The van der Waals surface area contributed by atoms with Gasteiger partial charge in [0.1, 0.15) is 11.3 Å². The van der Waals surface area contributed by atoms with Crippen LogP contribution in [0, 0.1) is 0 Å². The van der Waals surface area contributed by atoms with Crippen LogP contribution in [0.4, 0.5) is 11.4 Å². The minimum Gasteiger partial charge on any atom is -0.508 e. The Kier molecular flexibility index (Phi) is 2.53. The molecule has 0 bridgehead atoms. The molecule has 0 saturated heterocycles. The Morgan fingerprint density at radius 2 is 2.00 bits per heavy atom. The first kappa shape index (κ1) is 11.8. The second-order valence-electron chi connectivity index (χ2n) is 5.18. The van der Waals surface area contributed by atoms with Crippen LogP contribution in [-0.4, -0.2) is 22.6 Å². The Morgan fingerprint density at radius 1 is 1.35 bits per heavy atom. The van der Waals surface area contributed by atoms with Gasteiger partial charge >= 0.3 is 0 Å². The van der Waals surface area contributed by atoms with Crippen LogP contribution in [-0.2, 0) is 4.79 Å². The zero-order valence-corrected chi connectivity index (χ0v) is 10.6. The lowest BCUT2D eigenvalue weighted by molar-refractivity contribution is -0.120. The highest BCUT2D eigenvalue weighted by molar-refractivity contribution is 6.06. The van der Waals surface area contributed by atoms with Gasteiger partial charge in [-0.15, -0.1) is 0 Å². The van der Waals surface area contributed by atoms with Crippen LogP contribution in [0.3, 0.4) is 0 Å². The highest BCUT2D eigenvalue weighted by Crippen LogP contribution is 2.39. The van der Waals surface area contributed by atoms with Crippen molar-refractivity contribution in [2.45, 2.75) is 39.3 Å². The second-order valence-corrected chi connectivity index (χ2v) is 5.18. The van der Waals surface area contributed by atoms with Gasteiger partial charge in [-0.05, 0) is 39.8 Å². The van der Waals surface area contributed by atoms with E-state index in [0.717, 1.165) is 5.69 Å². The fourth-order valence-electron chi connectivity index (χ4n) is 2.44. The molecule has 2 N–H and O–H groups in total. The summed E-state index contributed by atoms with van der Waals surface area (Å²) in [6.45, 7) is 7.91. The molecule has 0 atom stereocenters. The predicted molar refractivity (Wildman–Crippen MR) is 68.4 cm³/mol. The van der Waals surface area contributed by atoms with Crippen molar-refractivity contribution in [3.8, 4) is 5.75 Å².